The third kappa shape index (κ3) is 1040. The first-order chi connectivity index (χ1) is 8.00. The van der Waals surface area contributed by atoms with Crippen molar-refractivity contribution in [1.82, 2.24) is 0 Å². The van der Waals surface area contributed by atoms with E-state index in [1.165, 1.54) is 0 Å². The zero-order chi connectivity index (χ0) is 18.0. The van der Waals surface area contributed by atoms with Crippen molar-refractivity contribution >= 4 is 150 Å². The summed E-state index contributed by atoms with van der Waals surface area (Å²) in [4.78, 5) is 51.3. The van der Waals surface area contributed by atoms with E-state index in [4.69, 9.17) is 73.5 Å². The summed E-state index contributed by atoms with van der Waals surface area (Å²) in [5.74, 6) is 0. The molecular formula is H4Ca3O16P2S2. The van der Waals surface area contributed by atoms with Crippen LogP contribution >= 0.6 is 15.6 Å². The first kappa shape index (κ1) is 45.5. The Morgan fingerprint density at radius 3 is 0.522 bits per heavy atom. The van der Waals surface area contributed by atoms with Crippen LogP contribution < -0.4 is 29.4 Å². The van der Waals surface area contributed by atoms with Gasteiger partial charge in [0.2, 0.25) is 0 Å². The Morgan fingerprint density at radius 1 is 0.522 bits per heavy atom. The number of hydrogen-bond donors (Lipinski definition) is 4. The van der Waals surface area contributed by atoms with Gasteiger partial charge in [0.25, 0.3) is 0 Å². The molecule has 23 heavy (non-hydrogen) atoms. The van der Waals surface area contributed by atoms with Crippen LogP contribution in [0.5, 0.6) is 0 Å². The number of hydrogen-bond acceptors (Lipinski definition) is 12. The first-order valence-electron chi connectivity index (χ1n) is 2.86. The van der Waals surface area contributed by atoms with Gasteiger partial charge in [-0.3, -0.25) is 18.2 Å². The SMILES string of the molecule is O=P([O-])([O-])[O-].O=P([O-])([O-])[O-].O=S(=O)(O)O.O=S(=O)(O)O.[Ca+2].[Ca+2].[Ca+2]. The minimum absolute atomic E-state index is 0. The maximum atomic E-state index is 8.74. The molecule has 0 aromatic heterocycles. The number of rotatable bonds is 0. The van der Waals surface area contributed by atoms with Gasteiger partial charge in [0.15, 0.2) is 0 Å². The summed E-state index contributed by atoms with van der Waals surface area (Å²) in [5, 5.41) is 0. The van der Waals surface area contributed by atoms with Crippen molar-refractivity contribution in [2.45, 2.75) is 0 Å². The molecule has 23 heteroatoms. The molecule has 4 N–H and O–H groups in total. The van der Waals surface area contributed by atoms with Gasteiger partial charge >= 0.3 is 134 Å². The predicted octanol–water partition coefficient (Wildman–Crippen LogP) is -8.10. The normalized spacial score (nSPS) is 10.2. The monoisotopic (exact) mass is 506 g/mol. The molecular weight excluding hydrogens is 502 g/mol. The van der Waals surface area contributed by atoms with E-state index in [1.54, 1.807) is 0 Å². The van der Waals surface area contributed by atoms with E-state index < -0.39 is 36.4 Å². The molecule has 0 saturated heterocycles. The molecule has 0 heterocycles. The van der Waals surface area contributed by atoms with E-state index in [-0.39, 0.29) is 113 Å². The Balaban J connectivity index is -0.0000000284. The largest absolute Gasteiger partial charge is 2.00 e. The molecule has 0 aliphatic heterocycles. The second kappa shape index (κ2) is 20.5. The van der Waals surface area contributed by atoms with Crippen LogP contribution in [0.4, 0.5) is 0 Å². The average molecular weight is 506 g/mol. The molecule has 0 rings (SSSR count). The minimum Gasteiger partial charge on any atom is -0.822 e. The summed E-state index contributed by atoms with van der Waals surface area (Å²) in [6.07, 6.45) is 0. The van der Waals surface area contributed by atoms with Crippen molar-refractivity contribution in [3.8, 4) is 0 Å². The second-order valence-electron chi connectivity index (χ2n) is 1.79. The van der Waals surface area contributed by atoms with E-state index in [1.807, 2.05) is 0 Å². The summed E-state index contributed by atoms with van der Waals surface area (Å²) in [7, 11) is -20.1. The van der Waals surface area contributed by atoms with E-state index in [0.717, 1.165) is 0 Å². The van der Waals surface area contributed by atoms with Gasteiger partial charge in [-0.05, 0) is 0 Å². The van der Waals surface area contributed by atoms with Crippen LogP contribution in [0.25, 0.3) is 0 Å². The Bertz CT molecular complexity index is 437. The van der Waals surface area contributed by atoms with Gasteiger partial charge in [-0.1, -0.05) is 0 Å². The average Bonchev–Trinajstić information content (AvgIpc) is 1.62. The Kier molecular flexibility index (Phi) is 40.5. The fourth-order valence-corrected chi connectivity index (χ4v) is 0. The van der Waals surface area contributed by atoms with Crippen molar-refractivity contribution in [3.05, 3.63) is 0 Å². The van der Waals surface area contributed by atoms with Gasteiger partial charge < -0.3 is 38.5 Å². The maximum absolute atomic E-state index is 8.74. The van der Waals surface area contributed by atoms with Crippen LogP contribution in [0.3, 0.4) is 0 Å². The van der Waals surface area contributed by atoms with Gasteiger partial charge in [0, 0.05) is 0 Å². The first-order valence-corrected chi connectivity index (χ1v) is 8.57. The second-order valence-corrected chi connectivity index (χ2v) is 5.37. The molecule has 16 nitrogen and oxygen atoms in total. The van der Waals surface area contributed by atoms with Crippen LogP contribution in [0, 0.1) is 0 Å². The molecule has 0 aliphatic carbocycles. The predicted molar refractivity (Wildman–Crippen MR) is 60.8 cm³/mol. The van der Waals surface area contributed by atoms with Crippen molar-refractivity contribution in [2.24, 2.45) is 0 Å². The molecule has 0 atom stereocenters. The van der Waals surface area contributed by atoms with Crippen molar-refractivity contribution in [2.75, 3.05) is 0 Å². The molecule has 0 aromatic carbocycles. The van der Waals surface area contributed by atoms with Crippen LogP contribution in [-0.4, -0.2) is 148 Å². The molecule has 0 unspecified atom stereocenters. The quantitative estimate of drug-likeness (QED) is 0.134. The van der Waals surface area contributed by atoms with Crippen LogP contribution in [0.15, 0.2) is 0 Å². The van der Waals surface area contributed by atoms with E-state index in [2.05, 4.69) is 0 Å². The van der Waals surface area contributed by atoms with Gasteiger partial charge in [-0.15, -0.1) is 0 Å². The maximum Gasteiger partial charge on any atom is 2.00 e. The molecule has 0 bridgehead atoms. The van der Waals surface area contributed by atoms with Gasteiger partial charge in [-0.25, -0.2) is 0 Å². The third-order valence-electron chi connectivity index (χ3n) is 0. The van der Waals surface area contributed by atoms with E-state index in [0.29, 0.717) is 0 Å². The topological polar surface area (TPSA) is 322 Å². The molecule has 0 amide bonds. The van der Waals surface area contributed by atoms with Crippen LogP contribution in [-0.2, 0) is 29.9 Å². The smallest absolute Gasteiger partial charge is 0.822 e. The van der Waals surface area contributed by atoms with Gasteiger partial charge in [0.05, 0.1) is 0 Å². The van der Waals surface area contributed by atoms with Crippen LogP contribution in [0.2, 0.25) is 0 Å². The summed E-state index contributed by atoms with van der Waals surface area (Å²) in [5.41, 5.74) is 0. The molecule has 0 spiro atoms. The molecule has 0 fully saturated rings. The standard InChI is InChI=1S/3Ca.2H3O4P.2H2O4S/c;;;4*1-5(2,3)4/h;;;2*(H3,1,2,3,4);2*(H2,1,2,3,4)/q3*+2;;;;/p-6. The van der Waals surface area contributed by atoms with Crippen molar-refractivity contribution in [1.29, 1.82) is 0 Å². The summed E-state index contributed by atoms with van der Waals surface area (Å²) in [6.45, 7) is 0. The molecule has 0 saturated carbocycles. The zero-order valence-corrected chi connectivity index (χ0v) is 20.6. The molecule has 128 valence electrons. The van der Waals surface area contributed by atoms with Gasteiger partial charge in [-0.2, -0.15) is 32.5 Å². The Hall–Kier alpha value is 3.74. The summed E-state index contributed by atoms with van der Waals surface area (Å²) in [6, 6.07) is 0. The number of phosphoric acid groups is 2. The molecule has 0 aliphatic rings. The Labute approximate surface area is 219 Å². The summed E-state index contributed by atoms with van der Waals surface area (Å²) >= 11 is 0. The molecule has 0 radical (unpaired) electrons. The summed E-state index contributed by atoms with van der Waals surface area (Å²) < 4.78 is 80.3. The fraction of sp³-hybridized carbons (Fsp3) is 0. The third-order valence-corrected chi connectivity index (χ3v) is 0. The zero-order valence-electron chi connectivity index (χ0n) is 10.5. The minimum atomic E-state index is -5.39. The Morgan fingerprint density at radius 2 is 0.522 bits per heavy atom. The van der Waals surface area contributed by atoms with Crippen molar-refractivity contribution in [3.63, 3.8) is 0 Å². The van der Waals surface area contributed by atoms with Gasteiger partial charge in [0.1, 0.15) is 0 Å². The molecule has 0 aromatic rings. The van der Waals surface area contributed by atoms with E-state index in [9.17, 15) is 0 Å². The fourth-order valence-electron chi connectivity index (χ4n) is 0. The van der Waals surface area contributed by atoms with Crippen LogP contribution in [0.1, 0.15) is 0 Å². The van der Waals surface area contributed by atoms with Crippen molar-refractivity contribution < 1.29 is 73.5 Å². The van der Waals surface area contributed by atoms with E-state index >= 15 is 0 Å².